The molecule has 5 nitrogen and oxygen atoms in total. The number of aryl methyl sites for hydroxylation is 2. The van der Waals surface area contributed by atoms with Crippen molar-refractivity contribution in [3.8, 4) is 0 Å². The van der Waals surface area contributed by atoms with Crippen LogP contribution in [0, 0.1) is 6.92 Å². The lowest BCUT2D eigenvalue weighted by molar-refractivity contribution is 0.232. The van der Waals surface area contributed by atoms with Crippen molar-refractivity contribution in [1.29, 1.82) is 0 Å². The fourth-order valence-corrected chi connectivity index (χ4v) is 2.35. The molecule has 0 aliphatic carbocycles. The second-order valence-electron chi connectivity index (χ2n) is 4.29. The molecular weight excluding hydrogens is 276 g/mol. The molecular formula is C11H13F2N3O2S. The van der Waals surface area contributed by atoms with Gasteiger partial charge in [-0.2, -0.15) is 13.9 Å². The molecule has 2 aromatic rings. The van der Waals surface area contributed by atoms with Crippen molar-refractivity contribution >= 4 is 20.9 Å². The molecule has 8 heteroatoms. The summed E-state index contributed by atoms with van der Waals surface area (Å²) in [5.41, 5.74) is 2.08. The summed E-state index contributed by atoms with van der Waals surface area (Å²) in [4.78, 5) is 0. The predicted molar refractivity (Wildman–Crippen MR) is 67.2 cm³/mol. The second kappa shape index (κ2) is 4.86. The van der Waals surface area contributed by atoms with Crippen molar-refractivity contribution in [2.75, 3.05) is 0 Å². The molecule has 0 atom stereocenters. The van der Waals surface area contributed by atoms with E-state index in [2.05, 4.69) is 5.10 Å². The lowest BCUT2D eigenvalue weighted by Crippen LogP contribution is -2.29. The number of halogens is 2. The van der Waals surface area contributed by atoms with Gasteiger partial charge in [-0.1, -0.05) is 11.6 Å². The second-order valence-corrected chi connectivity index (χ2v) is 6.03. The van der Waals surface area contributed by atoms with Gasteiger partial charge in [0.2, 0.25) is 0 Å². The number of hydrogen-bond acceptors (Lipinski definition) is 3. The summed E-state index contributed by atoms with van der Waals surface area (Å²) in [7, 11) is -2.85. The maximum atomic E-state index is 12.2. The fraction of sp³-hybridized carbons (Fsp3) is 0.364. The quantitative estimate of drug-likeness (QED) is 0.928. The van der Waals surface area contributed by atoms with Gasteiger partial charge in [0, 0.05) is 25.2 Å². The van der Waals surface area contributed by atoms with Gasteiger partial charge in [-0.05, 0) is 18.6 Å². The SMILES string of the molecule is Cc1cc(CNS(=O)(=O)C(F)F)c2nn(C)cc2c1. The molecule has 0 aliphatic rings. The summed E-state index contributed by atoms with van der Waals surface area (Å²) < 4.78 is 50.0. The smallest absolute Gasteiger partial charge is 0.275 e. The molecule has 2 rings (SSSR count). The Morgan fingerprint density at radius 2 is 2.11 bits per heavy atom. The highest BCUT2D eigenvalue weighted by Crippen LogP contribution is 2.19. The van der Waals surface area contributed by atoms with Crippen LogP contribution in [-0.2, 0) is 23.6 Å². The van der Waals surface area contributed by atoms with Crippen LogP contribution in [-0.4, -0.2) is 24.0 Å². The zero-order chi connectivity index (χ0) is 14.2. The molecule has 0 unspecified atom stereocenters. The number of fused-ring (bicyclic) bond motifs is 1. The van der Waals surface area contributed by atoms with Gasteiger partial charge >= 0.3 is 5.76 Å². The number of benzene rings is 1. The molecule has 0 saturated carbocycles. The van der Waals surface area contributed by atoms with Gasteiger partial charge in [0.15, 0.2) is 0 Å². The van der Waals surface area contributed by atoms with E-state index in [-0.39, 0.29) is 6.54 Å². The first-order valence-corrected chi connectivity index (χ1v) is 7.04. The number of aromatic nitrogens is 2. The van der Waals surface area contributed by atoms with Gasteiger partial charge in [-0.25, -0.2) is 13.1 Å². The van der Waals surface area contributed by atoms with Crippen LogP contribution in [0.1, 0.15) is 11.1 Å². The van der Waals surface area contributed by atoms with E-state index in [4.69, 9.17) is 0 Å². The van der Waals surface area contributed by atoms with Gasteiger partial charge in [-0.3, -0.25) is 4.68 Å². The number of rotatable bonds is 4. The molecule has 0 fully saturated rings. The monoisotopic (exact) mass is 289 g/mol. The summed E-state index contributed by atoms with van der Waals surface area (Å²) in [5, 5.41) is 5.04. The molecule has 0 saturated heterocycles. The minimum Gasteiger partial charge on any atom is -0.275 e. The third-order valence-electron chi connectivity index (χ3n) is 2.64. The normalized spacial score (nSPS) is 12.5. The Hall–Kier alpha value is -1.54. The van der Waals surface area contributed by atoms with Crippen LogP contribution in [0.15, 0.2) is 18.3 Å². The topological polar surface area (TPSA) is 64.0 Å². The molecule has 1 N–H and O–H groups in total. The van der Waals surface area contributed by atoms with E-state index in [9.17, 15) is 17.2 Å². The molecule has 0 radical (unpaired) electrons. The van der Waals surface area contributed by atoms with Crippen LogP contribution in [0.2, 0.25) is 0 Å². The third kappa shape index (κ3) is 2.90. The first-order valence-electron chi connectivity index (χ1n) is 5.49. The Morgan fingerprint density at radius 3 is 2.74 bits per heavy atom. The van der Waals surface area contributed by atoms with Crippen molar-refractivity contribution in [3.05, 3.63) is 29.5 Å². The molecule has 104 valence electrons. The average Bonchev–Trinajstić information content (AvgIpc) is 2.66. The van der Waals surface area contributed by atoms with Crippen LogP contribution < -0.4 is 4.72 Å². The van der Waals surface area contributed by atoms with Crippen molar-refractivity contribution in [1.82, 2.24) is 14.5 Å². The third-order valence-corrected chi connectivity index (χ3v) is 3.66. The van der Waals surface area contributed by atoms with E-state index in [0.717, 1.165) is 10.9 Å². The summed E-state index contributed by atoms with van der Waals surface area (Å²) in [5.74, 6) is -3.43. The Morgan fingerprint density at radius 1 is 1.42 bits per heavy atom. The van der Waals surface area contributed by atoms with Crippen LogP contribution in [0.3, 0.4) is 0 Å². The van der Waals surface area contributed by atoms with E-state index < -0.39 is 15.8 Å². The highest BCUT2D eigenvalue weighted by molar-refractivity contribution is 7.89. The molecule has 0 amide bonds. The lowest BCUT2D eigenvalue weighted by Gasteiger charge is -2.07. The Labute approximate surface area is 109 Å². The van der Waals surface area contributed by atoms with Crippen molar-refractivity contribution in [2.45, 2.75) is 19.2 Å². The Kier molecular flexibility index (Phi) is 3.55. The van der Waals surface area contributed by atoms with Crippen molar-refractivity contribution in [3.63, 3.8) is 0 Å². The Balaban J connectivity index is 2.35. The molecule has 0 spiro atoms. The van der Waals surface area contributed by atoms with Gasteiger partial charge in [0.25, 0.3) is 10.0 Å². The van der Waals surface area contributed by atoms with E-state index in [1.165, 1.54) is 0 Å². The van der Waals surface area contributed by atoms with Crippen LogP contribution in [0.4, 0.5) is 8.78 Å². The highest BCUT2D eigenvalue weighted by Gasteiger charge is 2.23. The molecule has 1 aromatic heterocycles. The van der Waals surface area contributed by atoms with E-state index in [1.807, 2.05) is 17.7 Å². The number of nitrogens with zero attached hydrogens (tertiary/aromatic N) is 2. The summed E-state index contributed by atoms with van der Waals surface area (Å²) >= 11 is 0. The van der Waals surface area contributed by atoms with Gasteiger partial charge in [0.1, 0.15) is 0 Å². The van der Waals surface area contributed by atoms with Gasteiger partial charge in [-0.15, -0.1) is 0 Å². The minimum absolute atomic E-state index is 0.206. The van der Waals surface area contributed by atoms with Crippen molar-refractivity contribution < 1.29 is 17.2 Å². The maximum Gasteiger partial charge on any atom is 0.350 e. The van der Waals surface area contributed by atoms with Gasteiger partial charge in [0.05, 0.1) is 5.52 Å². The number of hydrogen-bond donors (Lipinski definition) is 1. The largest absolute Gasteiger partial charge is 0.350 e. The number of sulfonamides is 1. The fourth-order valence-electron chi connectivity index (χ4n) is 1.87. The van der Waals surface area contributed by atoms with Crippen LogP contribution in [0.25, 0.3) is 10.9 Å². The zero-order valence-electron chi connectivity index (χ0n) is 10.4. The summed E-state index contributed by atoms with van der Waals surface area (Å²) in [6, 6.07) is 3.62. The standard InChI is InChI=1S/C11H13F2N3O2S/c1-7-3-8(5-14-19(17,18)11(12)13)10-9(4-7)6-16(2)15-10/h3-4,6,11,14H,5H2,1-2H3. The summed E-state index contributed by atoms with van der Waals surface area (Å²) in [6.45, 7) is 1.64. The van der Waals surface area contributed by atoms with Crippen LogP contribution >= 0.6 is 0 Å². The van der Waals surface area contributed by atoms with Gasteiger partial charge < -0.3 is 0 Å². The maximum absolute atomic E-state index is 12.2. The minimum atomic E-state index is -4.59. The number of nitrogens with one attached hydrogen (secondary N) is 1. The highest BCUT2D eigenvalue weighted by atomic mass is 32.2. The molecule has 1 heterocycles. The molecule has 0 aliphatic heterocycles. The van der Waals surface area contributed by atoms with E-state index >= 15 is 0 Å². The van der Waals surface area contributed by atoms with E-state index in [0.29, 0.717) is 11.1 Å². The molecule has 1 aromatic carbocycles. The molecule has 0 bridgehead atoms. The average molecular weight is 289 g/mol. The zero-order valence-corrected chi connectivity index (χ0v) is 11.2. The summed E-state index contributed by atoms with van der Waals surface area (Å²) in [6.07, 6.45) is 1.79. The Bertz CT molecular complexity index is 710. The first kappa shape index (κ1) is 13.9. The lowest BCUT2D eigenvalue weighted by atomic mass is 10.1. The first-order chi connectivity index (χ1) is 8.79. The number of alkyl halides is 2. The van der Waals surface area contributed by atoms with E-state index in [1.54, 1.807) is 24.0 Å². The van der Waals surface area contributed by atoms with Crippen molar-refractivity contribution in [2.24, 2.45) is 7.05 Å². The predicted octanol–water partition coefficient (Wildman–Crippen LogP) is 1.52. The molecule has 19 heavy (non-hydrogen) atoms. The van der Waals surface area contributed by atoms with Crippen LogP contribution in [0.5, 0.6) is 0 Å².